The molecule has 96 valence electrons. The van der Waals surface area contributed by atoms with Gasteiger partial charge in [-0.05, 0) is 32.9 Å². The molecule has 0 bridgehead atoms. The van der Waals surface area contributed by atoms with Gasteiger partial charge in [0.1, 0.15) is 0 Å². The Balaban J connectivity index is 1.86. The molecule has 0 aromatic carbocycles. The highest BCUT2D eigenvalue weighted by atomic mass is 16.5. The van der Waals surface area contributed by atoms with Crippen LogP contribution in [0.5, 0.6) is 0 Å². The largest absolute Gasteiger partial charge is 0.382 e. The van der Waals surface area contributed by atoms with Crippen molar-refractivity contribution in [2.75, 3.05) is 53.1 Å². The molecule has 1 fully saturated rings. The molecule has 4 nitrogen and oxygen atoms in total. The van der Waals surface area contributed by atoms with Gasteiger partial charge in [0.05, 0.1) is 19.8 Å². The fraction of sp³-hybridized carbons (Fsp3) is 1.00. The Kier molecular flexibility index (Phi) is 7.76. The molecule has 0 aliphatic carbocycles. The first-order chi connectivity index (χ1) is 7.84. The number of likely N-dealkylation sites (tertiary alicyclic amines) is 1. The maximum Gasteiger partial charge on any atom is 0.0700 e. The number of hydrogen-bond acceptors (Lipinski definition) is 4. The van der Waals surface area contributed by atoms with E-state index in [9.17, 15) is 0 Å². The van der Waals surface area contributed by atoms with E-state index < -0.39 is 0 Å². The predicted octanol–water partition coefficient (Wildman–Crippen LogP) is 0.723. The lowest BCUT2D eigenvalue weighted by Crippen LogP contribution is -2.39. The van der Waals surface area contributed by atoms with E-state index in [1.54, 1.807) is 7.11 Å². The molecule has 1 atom stereocenters. The molecule has 1 saturated heterocycles. The zero-order chi connectivity index (χ0) is 11.6. The Morgan fingerprint density at radius 2 is 1.94 bits per heavy atom. The number of nitrogens with one attached hydrogen (secondary N) is 1. The molecule has 1 aliphatic rings. The second-order valence-corrected chi connectivity index (χ2v) is 4.40. The van der Waals surface area contributed by atoms with Crippen molar-refractivity contribution >= 4 is 0 Å². The summed E-state index contributed by atoms with van der Waals surface area (Å²) in [6.07, 6.45) is 2.73. The van der Waals surface area contributed by atoms with Gasteiger partial charge in [-0.25, -0.2) is 0 Å². The third-order valence-electron chi connectivity index (χ3n) is 3.06. The van der Waals surface area contributed by atoms with Gasteiger partial charge >= 0.3 is 0 Å². The minimum atomic E-state index is 0.654. The second-order valence-electron chi connectivity index (χ2n) is 4.40. The quantitative estimate of drug-likeness (QED) is 0.592. The number of rotatable bonds is 9. The van der Waals surface area contributed by atoms with E-state index in [2.05, 4.69) is 17.1 Å². The van der Waals surface area contributed by atoms with Gasteiger partial charge in [-0.3, -0.25) is 4.90 Å². The Bertz CT molecular complexity index is 161. The summed E-state index contributed by atoms with van der Waals surface area (Å²) in [5.41, 5.74) is 0. The first kappa shape index (κ1) is 13.9. The molecule has 0 radical (unpaired) electrons. The number of ether oxygens (including phenoxy) is 2. The van der Waals surface area contributed by atoms with E-state index >= 15 is 0 Å². The summed E-state index contributed by atoms with van der Waals surface area (Å²) in [4.78, 5) is 2.55. The van der Waals surface area contributed by atoms with E-state index in [0.29, 0.717) is 19.3 Å². The molecule has 1 rings (SSSR count). The van der Waals surface area contributed by atoms with Gasteiger partial charge < -0.3 is 14.8 Å². The van der Waals surface area contributed by atoms with Crippen molar-refractivity contribution in [3.8, 4) is 0 Å². The van der Waals surface area contributed by atoms with E-state index in [1.807, 2.05) is 0 Å². The molecule has 1 aliphatic heterocycles. The van der Waals surface area contributed by atoms with Crippen LogP contribution < -0.4 is 5.32 Å². The summed E-state index contributed by atoms with van der Waals surface area (Å²) in [5, 5.41) is 3.43. The Labute approximate surface area is 99.3 Å². The van der Waals surface area contributed by atoms with Crippen LogP contribution in [-0.4, -0.2) is 64.1 Å². The fourth-order valence-corrected chi connectivity index (χ4v) is 2.01. The molecule has 1 heterocycles. The number of hydrogen-bond donors (Lipinski definition) is 1. The minimum absolute atomic E-state index is 0.654. The summed E-state index contributed by atoms with van der Waals surface area (Å²) in [6.45, 7) is 8.99. The summed E-state index contributed by atoms with van der Waals surface area (Å²) < 4.78 is 10.3. The Hall–Kier alpha value is -0.160. The van der Waals surface area contributed by atoms with Crippen LogP contribution in [0.3, 0.4) is 0 Å². The van der Waals surface area contributed by atoms with E-state index in [0.717, 1.165) is 19.7 Å². The Morgan fingerprint density at radius 3 is 2.62 bits per heavy atom. The normalized spacial score (nSPS) is 19.1. The van der Waals surface area contributed by atoms with Crippen molar-refractivity contribution in [1.29, 1.82) is 0 Å². The molecule has 0 amide bonds. The molecule has 4 heteroatoms. The molecule has 0 saturated carbocycles. The fourth-order valence-electron chi connectivity index (χ4n) is 2.01. The molecular formula is C12H26N2O2. The van der Waals surface area contributed by atoms with Gasteiger partial charge in [0.2, 0.25) is 0 Å². The highest BCUT2D eigenvalue weighted by Gasteiger charge is 2.16. The van der Waals surface area contributed by atoms with E-state index in [4.69, 9.17) is 9.47 Å². The molecule has 1 N–H and O–H groups in total. The molecule has 1 unspecified atom stereocenters. The highest BCUT2D eigenvalue weighted by Crippen LogP contribution is 2.10. The summed E-state index contributed by atoms with van der Waals surface area (Å²) in [7, 11) is 1.69. The van der Waals surface area contributed by atoms with Crippen molar-refractivity contribution < 1.29 is 9.47 Å². The maximum atomic E-state index is 5.38. The molecule has 16 heavy (non-hydrogen) atoms. The van der Waals surface area contributed by atoms with Crippen molar-refractivity contribution in [2.24, 2.45) is 0 Å². The van der Waals surface area contributed by atoms with Crippen LogP contribution >= 0.6 is 0 Å². The first-order valence-corrected chi connectivity index (χ1v) is 6.36. The zero-order valence-corrected chi connectivity index (χ0v) is 10.7. The lowest BCUT2D eigenvalue weighted by Gasteiger charge is -2.23. The van der Waals surface area contributed by atoms with E-state index in [1.165, 1.54) is 25.9 Å². The standard InChI is InChI=1S/C12H26N2O2/c1-12(14-6-3-4-7-14)11-13-5-8-16-10-9-15-2/h12-13H,3-11H2,1-2H3. The van der Waals surface area contributed by atoms with Crippen LogP contribution in [0.2, 0.25) is 0 Å². The van der Waals surface area contributed by atoms with Crippen molar-refractivity contribution in [1.82, 2.24) is 10.2 Å². The third-order valence-corrected chi connectivity index (χ3v) is 3.06. The average Bonchev–Trinajstić information content (AvgIpc) is 2.81. The minimum Gasteiger partial charge on any atom is -0.382 e. The van der Waals surface area contributed by atoms with Crippen LogP contribution in [0, 0.1) is 0 Å². The van der Waals surface area contributed by atoms with Crippen molar-refractivity contribution in [3.05, 3.63) is 0 Å². The monoisotopic (exact) mass is 230 g/mol. The van der Waals surface area contributed by atoms with Crippen molar-refractivity contribution in [2.45, 2.75) is 25.8 Å². The van der Waals surface area contributed by atoms with Crippen LogP contribution in [0.15, 0.2) is 0 Å². The summed E-state index contributed by atoms with van der Waals surface area (Å²) in [5.74, 6) is 0. The van der Waals surface area contributed by atoms with Gasteiger partial charge in [0.25, 0.3) is 0 Å². The Morgan fingerprint density at radius 1 is 1.19 bits per heavy atom. The molecule has 0 aromatic heterocycles. The lowest BCUT2D eigenvalue weighted by molar-refractivity contribution is 0.0714. The predicted molar refractivity (Wildman–Crippen MR) is 65.8 cm³/mol. The topological polar surface area (TPSA) is 33.7 Å². The number of methoxy groups -OCH3 is 1. The summed E-state index contributed by atoms with van der Waals surface area (Å²) in [6, 6.07) is 0.654. The van der Waals surface area contributed by atoms with E-state index in [-0.39, 0.29) is 0 Å². The van der Waals surface area contributed by atoms with Crippen LogP contribution in [-0.2, 0) is 9.47 Å². The van der Waals surface area contributed by atoms with Gasteiger partial charge in [0, 0.05) is 26.2 Å². The maximum absolute atomic E-state index is 5.38. The lowest BCUT2D eigenvalue weighted by atomic mass is 10.3. The SMILES string of the molecule is COCCOCCNCC(C)N1CCCC1. The molecular weight excluding hydrogens is 204 g/mol. The number of nitrogens with zero attached hydrogens (tertiary/aromatic N) is 1. The highest BCUT2D eigenvalue weighted by molar-refractivity contribution is 4.74. The molecule has 0 spiro atoms. The first-order valence-electron chi connectivity index (χ1n) is 6.36. The second kappa shape index (κ2) is 8.93. The van der Waals surface area contributed by atoms with Gasteiger partial charge in [-0.15, -0.1) is 0 Å². The molecule has 0 aromatic rings. The van der Waals surface area contributed by atoms with Gasteiger partial charge in [-0.1, -0.05) is 0 Å². The van der Waals surface area contributed by atoms with Gasteiger partial charge in [0.15, 0.2) is 0 Å². The van der Waals surface area contributed by atoms with Gasteiger partial charge in [-0.2, -0.15) is 0 Å². The van der Waals surface area contributed by atoms with Crippen LogP contribution in [0.1, 0.15) is 19.8 Å². The van der Waals surface area contributed by atoms with Crippen LogP contribution in [0.25, 0.3) is 0 Å². The van der Waals surface area contributed by atoms with Crippen LogP contribution in [0.4, 0.5) is 0 Å². The zero-order valence-electron chi connectivity index (χ0n) is 10.7. The average molecular weight is 230 g/mol. The third kappa shape index (κ3) is 5.80. The summed E-state index contributed by atoms with van der Waals surface area (Å²) >= 11 is 0. The smallest absolute Gasteiger partial charge is 0.0700 e. The van der Waals surface area contributed by atoms with Crippen molar-refractivity contribution in [3.63, 3.8) is 0 Å².